The number of rotatable bonds is 6. The Hall–Kier alpha value is -1.78. The van der Waals surface area contributed by atoms with Gasteiger partial charge in [0, 0.05) is 28.6 Å². The first-order valence-corrected chi connectivity index (χ1v) is 13.9. The predicted octanol–water partition coefficient (Wildman–Crippen LogP) is 3.86. The van der Waals surface area contributed by atoms with Crippen LogP contribution in [0.1, 0.15) is 39.0 Å². The molecule has 2 aliphatic heterocycles. The molecule has 35 heavy (non-hydrogen) atoms. The Morgan fingerprint density at radius 1 is 1.31 bits per heavy atom. The van der Waals surface area contributed by atoms with Crippen LogP contribution in [0.25, 0.3) is 0 Å². The van der Waals surface area contributed by atoms with Crippen molar-refractivity contribution in [3.05, 3.63) is 30.3 Å². The van der Waals surface area contributed by atoms with E-state index in [1.165, 1.54) is 4.90 Å². The second-order valence-corrected chi connectivity index (χ2v) is 13.0. The van der Waals surface area contributed by atoms with Crippen LogP contribution in [0.5, 0.6) is 0 Å². The summed E-state index contributed by atoms with van der Waals surface area (Å²) in [5.74, 6) is 4.48. The van der Waals surface area contributed by atoms with Crippen LogP contribution in [0.3, 0.4) is 0 Å². The molecule has 0 bridgehead atoms. The van der Waals surface area contributed by atoms with Gasteiger partial charge in [0.05, 0.1) is 18.8 Å². The van der Waals surface area contributed by atoms with Crippen LogP contribution in [0.4, 0.5) is 18.0 Å². The molecule has 0 aromatic heterocycles. The van der Waals surface area contributed by atoms with Crippen molar-refractivity contribution in [1.29, 1.82) is 0 Å². The SMILES string of the molecule is C=S(=O)(c1ccccc1)C1C2C3(COC4(CCN(C(=O)O[C@H](CO)C(F)(F)F)CC4)C3)C21CCC. The lowest BCUT2D eigenvalue weighted by Crippen LogP contribution is -2.49. The molecule has 2 saturated carbocycles. The smallest absolute Gasteiger partial charge is 0.427 e. The third kappa shape index (κ3) is 3.62. The Kier molecular flexibility index (Phi) is 5.77. The topological polar surface area (TPSA) is 76.1 Å². The van der Waals surface area contributed by atoms with Crippen molar-refractivity contribution in [3.63, 3.8) is 0 Å². The molecule has 1 aromatic carbocycles. The van der Waals surface area contributed by atoms with Crippen LogP contribution in [-0.2, 0) is 19.0 Å². The number of likely N-dealkylation sites (tertiary alicyclic amines) is 1. The zero-order valence-corrected chi connectivity index (χ0v) is 20.6. The summed E-state index contributed by atoms with van der Waals surface area (Å²) in [6.45, 7) is 1.88. The molecule has 5 unspecified atom stereocenters. The maximum Gasteiger partial charge on any atom is 0.427 e. The number of hydrogen-bond donors (Lipinski definition) is 1. The van der Waals surface area contributed by atoms with Crippen molar-refractivity contribution >= 4 is 21.5 Å². The number of halogens is 3. The first-order chi connectivity index (χ1) is 16.5. The van der Waals surface area contributed by atoms with E-state index in [0.717, 1.165) is 24.2 Å². The number of carbonyl (C=O) groups is 1. The fraction of sp³-hybridized carbons (Fsp3) is 0.680. The van der Waals surface area contributed by atoms with Crippen molar-refractivity contribution in [2.24, 2.45) is 16.7 Å². The molecule has 1 amide bonds. The summed E-state index contributed by atoms with van der Waals surface area (Å²) >= 11 is 0. The number of ether oxygens (including phenoxy) is 2. The van der Waals surface area contributed by atoms with Crippen LogP contribution in [0.15, 0.2) is 35.2 Å². The van der Waals surface area contributed by atoms with Gasteiger partial charge in [0.1, 0.15) is 0 Å². The first-order valence-electron chi connectivity index (χ1n) is 12.2. The maximum atomic E-state index is 13.8. The van der Waals surface area contributed by atoms with Crippen molar-refractivity contribution < 1.29 is 36.8 Å². The largest absolute Gasteiger partial charge is 0.434 e. The zero-order valence-electron chi connectivity index (χ0n) is 19.8. The molecular formula is C25H32F3NO5S. The highest BCUT2D eigenvalue weighted by Gasteiger charge is 2.97. The molecule has 2 spiro atoms. The molecule has 5 rings (SSSR count). The number of hydrogen-bond acceptors (Lipinski definition) is 5. The van der Waals surface area contributed by atoms with Gasteiger partial charge >= 0.3 is 12.3 Å². The molecule has 1 N–H and O–H groups in total. The van der Waals surface area contributed by atoms with Gasteiger partial charge in [0.15, 0.2) is 0 Å². The Balaban J connectivity index is 1.24. The molecule has 0 radical (unpaired) electrons. The average molecular weight is 516 g/mol. The summed E-state index contributed by atoms with van der Waals surface area (Å²) in [6.07, 6.45) is -4.61. The Morgan fingerprint density at radius 3 is 2.54 bits per heavy atom. The quantitative estimate of drug-likeness (QED) is 0.583. The standard InChI is InChI=1S/C25H32F3NO5S/c1-3-9-24-19(20(24)35(2,32)17-7-5-4-6-8-17)23(24)15-22(33-16-23)10-12-29(13-11-22)21(31)34-18(14-30)25(26,27)28/h4-8,18-20,30H,2-3,9-16H2,1H3/t18-,19?,20?,23?,24?,35?/m1/s1. The van der Waals surface area contributed by atoms with E-state index < -0.39 is 40.1 Å². The van der Waals surface area contributed by atoms with Crippen LogP contribution >= 0.6 is 0 Å². The zero-order chi connectivity index (χ0) is 25.3. The van der Waals surface area contributed by atoms with Gasteiger partial charge in [-0.1, -0.05) is 31.5 Å². The summed E-state index contributed by atoms with van der Waals surface area (Å²) in [4.78, 5) is 14.3. The minimum atomic E-state index is -4.81. The van der Waals surface area contributed by atoms with E-state index in [-0.39, 0.29) is 29.2 Å². The van der Waals surface area contributed by atoms with Crippen molar-refractivity contribution in [2.75, 3.05) is 26.3 Å². The average Bonchev–Trinajstić information content (AvgIpc) is 3.59. The van der Waals surface area contributed by atoms with Crippen LogP contribution in [0, 0.1) is 16.7 Å². The maximum absolute atomic E-state index is 13.8. The van der Waals surface area contributed by atoms with Gasteiger partial charge in [-0.3, -0.25) is 4.21 Å². The molecule has 2 heterocycles. The monoisotopic (exact) mass is 515 g/mol. The summed E-state index contributed by atoms with van der Waals surface area (Å²) in [7, 11) is -2.44. The third-order valence-electron chi connectivity index (χ3n) is 8.89. The van der Waals surface area contributed by atoms with Crippen molar-refractivity contribution in [3.8, 4) is 0 Å². The van der Waals surface area contributed by atoms with E-state index >= 15 is 0 Å². The summed E-state index contributed by atoms with van der Waals surface area (Å²) < 4.78 is 63.2. The summed E-state index contributed by atoms with van der Waals surface area (Å²) in [5, 5.41) is 8.97. The lowest BCUT2D eigenvalue weighted by molar-refractivity contribution is -0.215. The minimum Gasteiger partial charge on any atom is -0.434 e. The molecule has 2 aliphatic carbocycles. The lowest BCUT2D eigenvalue weighted by atomic mass is 9.76. The van der Waals surface area contributed by atoms with Gasteiger partial charge in [-0.15, -0.1) is 0 Å². The van der Waals surface area contributed by atoms with Crippen LogP contribution in [0.2, 0.25) is 0 Å². The number of carbonyl (C=O) groups excluding carboxylic acids is 1. The molecule has 6 atom stereocenters. The van der Waals surface area contributed by atoms with E-state index in [1.807, 2.05) is 30.3 Å². The van der Waals surface area contributed by atoms with Crippen molar-refractivity contribution in [2.45, 2.75) is 67.1 Å². The van der Waals surface area contributed by atoms with E-state index in [9.17, 15) is 22.2 Å². The number of aliphatic hydroxyl groups excluding tert-OH is 1. The summed E-state index contributed by atoms with van der Waals surface area (Å²) in [6, 6.07) is 9.46. The molecule has 2 saturated heterocycles. The number of fused-ring (bicyclic) bond motifs is 3. The van der Waals surface area contributed by atoms with Gasteiger partial charge in [-0.2, -0.15) is 13.2 Å². The number of piperidine rings is 1. The van der Waals surface area contributed by atoms with E-state index in [0.29, 0.717) is 25.4 Å². The van der Waals surface area contributed by atoms with Gasteiger partial charge in [-0.25, -0.2) is 4.79 Å². The Morgan fingerprint density at radius 2 is 1.97 bits per heavy atom. The fourth-order valence-electron chi connectivity index (χ4n) is 7.21. The second kappa shape index (κ2) is 8.11. The first kappa shape index (κ1) is 24.9. The third-order valence-corrected chi connectivity index (χ3v) is 11.5. The number of amides is 1. The van der Waals surface area contributed by atoms with Gasteiger partial charge in [0.25, 0.3) is 0 Å². The van der Waals surface area contributed by atoms with Crippen molar-refractivity contribution in [1.82, 2.24) is 4.90 Å². The number of benzene rings is 1. The second-order valence-electron chi connectivity index (χ2n) is 10.6. The number of nitrogens with zero attached hydrogens (tertiary/aromatic N) is 1. The molecule has 1 aromatic rings. The minimum absolute atomic E-state index is 0.0241. The van der Waals surface area contributed by atoms with Gasteiger partial charge < -0.3 is 19.5 Å². The number of aliphatic hydroxyl groups is 1. The summed E-state index contributed by atoms with van der Waals surface area (Å²) in [5.41, 5.74) is -0.481. The van der Waals surface area contributed by atoms with Crippen LogP contribution < -0.4 is 0 Å². The molecule has 194 valence electrons. The lowest BCUT2D eigenvalue weighted by Gasteiger charge is -2.39. The van der Waals surface area contributed by atoms with Gasteiger partial charge in [-0.05, 0) is 64.5 Å². The molecular weight excluding hydrogens is 483 g/mol. The van der Waals surface area contributed by atoms with Gasteiger partial charge in [0.2, 0.25) is 6.10 Å². The highest BCUT2D eigenvalue weighted by molar-refractivity contribution is 8.01. The molecule has 6 nitrogen and oxygen atoms in total. The molecule has 10 heteroatoms. The molecule has 4 fully saturated rings. The Bertz CT molecular complexity index is 1090. The molecule has 4 aliphatic rings. The van der Waals surface area contributed by atoms with Crippen LogP contribution in [-0.4, -0.2) is 75.6 Å². The normalized spacial score (nSPS) is 35.4. The van der Waals surface area contributed by atoms with E-state index in [2.05, 4.69) is 17.5 Å². The number of alkyl halides is 3. The van der Waals surface area contributed by atoms with E-state index in [4.69, 9.17) is 9.84 Å². The fourth-order valence-corrected chi connectivity index (χ4v) is 10.2. The highest BCUT2D eigenvalue weighted by Crippen LogP contribution is 2.94. The van der Waals surface area contributed by atoms with E-state index in [1.54, 1.807) is 0 Å². The Labute approximate surface area is 203 Å². The highest BCUT2D eigenvalue weighted by atomic mass is 32.2. The predicted molar refractivity (Wildman–Crippen MR) is 125 cm³/mol.